The van der Waals surface area contributed by atoms with Gasteiger partial charge >= 0.3 is 0 Å². The van der Waals surface area contributed by atoms with E-state index in [0.717, 1.165) is 6.54 Å². The van der Waals surface area contributed by atoms with Gasteiger partial charge in [0.15, 0.2) is 12.4 Å². The first-order valence-corrected chi connectivity index (χ1v) is 10.3. The number of rotatable bonds is 13. The van der Waals surface area contributed by atoms with E-state index >= 15 is 0 Å². The molecule has 0 atom stereocenters. The predicted molar refractivity (Wildman–Crippen MR) is 104 cm³/mol. The van der Waals surface area contributed by atoms with Crippen molar-refractivity contribution in [3.63, 3.8) is 0 Å². The monoisotopic (exact) mass is 320 g/mol. The number of pyridine rings is 1. The lowest BCUT2D eigenvalue weighted by Crippen LogP contribution is -2.31. The molecule has 0 spiro atoms. The van der Waals surface area contributed by atoms with Crippen molar-refractivity contribution in [1.82, 2.24) is 0 Å². The topological polar surface area (TPSA) is 3.88 Å². The number of nitrogens with zero attached hydrogens (tertiary/aromatic N) is 1. The molecule has 0 unspecified atom stereocenters. The van der Waals surface area contributed by atoms with E-state index in [-0.39, 0.29) is 0 Å². The summed E-state index contributed by atoms with van der Waals surface area (Å²) < 4.78 is 2.23. The summed E-state index contributed by atoms with van der Waals surface area (Å²) in [6.07, 6.45) is 22.6. The molecule has 1 aromatic rings. The normalized spacial score (nSPS) is 10.2. The molecule has 1 heteroatoms. The third kappa shape index (κ3) is 17.3. The maximum atomic E-state index is 2.28. The highest BCUT2D eigenvalue weighted by atomic mass is 14.9. The van der Waals surface area contributed by atoms with E-state index < -0.39 is 0 Å². The second kappa shape index (κ2) is 19.2. The van der Waals surface area contributed by atoms with Crippen molar-refractivity contribution in [2.45, 2.75) is 111 Å². The van der Waals surface area contributed by atoms with E-state index in [1.807, 2.05) is 0 Å². The van der Waals surface area contributed by atoms with Crippen molar-refractivity contribution < 1.29 is 4.57 Å². The molecule has 1 aromatic heterocycles. The summed E-state index contributed by atoms with van der Waals surface area (Å²) in [4.78, 5) is 0. The van der Waals surface area contributed by atoms with Crippen molar-refractivity contribution in [3.05, 3.63) is 30.6 Å². The van der Waals surface area contributed by atoms with Gasteiger partial charge in [-0.25, -0.2) is 4.57 Å². The number of hydrogen-bond acceptors (Lipinski definition) is 0. The minimum atomic E-state index is 1.16. The fraction of sp³-hybridized carbons (Fsp3) is 0.773. The van der Waals surface area contributed by atoms with Gasteiger partial charge in [-0.3, -0.25) is 0 Å². The van der Waals surface area contributed by atoms with Gasteiger partial charge in [0.05, 0.1) is 0 Å². The quantitative estimate of drug-likeness (QED) is 0.270. The molecule has 23 heavy (non-hydrogen) atoms. The third-order valence-electron chi connectivity index (χ3n) is 4.25. The molecule has 1 rings (SSSR count). The second-order valence-electron chi connectivity index (χ2n) is 6.65. The zero-order chi connectivity index (χ0) is 17.0. The van der Waals surface area contributed by atoms with Crippen LogP contribution in [0.25, 0.3) is 0 Å². The van der Waals surface area contributed by atoms with Gasteiger partial charge in [0.1, 0.15) is 6.54 Å². The summed E-state index contributed by atoms with van der Waals surface area (Å²) in [5, 5.41) is 0. The Bertz CT molecular complexity index is 297. The van der Waals surface area contributed by atoms with Gasteiger partial charge in [-0.15, -0.1) is 0 Å². The molecular formula is C22H42N+. The van der Waals surface area contributed by atoms with Crippen LogP contribution in [-0.4, -0.2) is 0 Å². The van der Waals surface area contributed by atoms with Crippen molar-refractivity contribution in [1.29, 1.82) is 0 Å². The van der Waals surface area contributed by atoms with Crippen LogP contribution in [0.4, 0.5) is 0 Å². The van der Waals surface area contributed by atoms with E-state index in [1.165, 1.54) is 83.5 Å². The Kier molecular flexibility index (Phi) is 18.5. The van der Waals surface area contributed by atoms with E-state index in [4.69, 9.17) is 0 Å². The molecule has 0 N–H and O–H groups in total. The molecule has 0 bridgehead atoms. The summed E-state index contributed by atoms with van der Waals surface area (Å²) in [6.45, 7) is 7.95. The van der Waals surface area contributed by atoms with Crippen LogP contribution >= 0.6 is 0 Å². The highest BCUT2D eigenvalue weighted by Crippen LogP contribution is 2.09. The molecule has 134 valence electrons. The zero-order valence-corrected chi connectivity index (χ0v) is 16.2. The Labute approximate surface area is 146 Å². The van der Waals surface area contributed by atoms with Crippen LogP contribution < -0.4 is 4.57 Å². The van der Waals surface area contributed by atoms with E-state index in [9.17, 15) is 0 Å². The van der Waals surface area contributed by atoms with Crippen LogP contribution in [0.5, 0.6) is 0 Å². The van der Waals surface area contributed by atoms with Gasteiger partial charge in [-0.05, 0) is 6.42 Å². The standard InChI is InChI=1S/C12H26.C10H16N/c1-3-5-7-9-11-12-10-8-6-4-2;1-2-3-5-8-11-9-6-4-7-10-11/h3-12H2,1-2H3;4,6-7,9-10H,2-3,5,8H2,1H3/q;+1. The fourth-order valence-corrected chi connectivity index (χ4v) is 2.69. The SMILES string of the molecule is CCCCCCCCCCCC.CCCCC[n+]1ccccc1. The summed E-state index contributed by atoms with van der Waals surface area (Å²) in [6, 6.07) is 6.20. The van der Waals surface area contributed by atoms with Crippen molar-refractivity contribution >= 4 is 0 Å². The van der Waals surface area contributed by atoms with Crippen molar-refractivity contribution in [3.8, 4) is 0 Å². The van der Waals surface area contributed by atoms with Gasteiger partial charge in [-0.1, -0.05) is 97.5 Å². The molecule has 0 saturated heterocycles. The second-order valence-corrected chi connectivity index (χ2v) is 6.65. The molecule has 1 nitrogen and oxygen atoms in total. The van der Waals surface area contributed by atoms with Crippen LogP contribution in [-0.2, 0) is 6.54 Å². The molecule has 1 heterocycles. The van der Waals surface area contributed by atoms with Gasteiger partial charge < -0.3 is 0 Å². The molecule has 0 radical (unpaired) electrons. The van der Waals surface area contributed by atoms with Gasteiger partial charge in [-0.2, -0.15) is 0 Å². The lowest BCUT2D eigenvalue weighted by molar-refractivity contribution is -0.697. The Morgan fingerprint density at radius 2 is 0.870 bits per heavy atom. The first kappa shape index (κ1) is 22.1. The summed E-state index contributed by atoms with van der Waals surface area (Å²) in [7, 11) is 0. The van der Waals surface area contributed by atoms with Crippen molar-refractivity contribution in [2.24, 2.45) is 0 Å². The predicted octanol–water partition coefficient (Wildman–Crippen LogP) is 7.09. The summed E-state index contributed by atoms with van der Waals surface area (Å²) >= 11 is 0. The van der Waals surface area contributed by atoms with E-state index in [1.54, 1.807) is 0 Å². The zero-order valence-electron chi connectivity index (χ0n) is 16.2. The lowest BCUT2D eigenvalue weighted by atomic mass is 10.1. The maximum absolute atomic E-state index is 2.28. The maximum Gasteiger partial charge on any atom is 0.168 e. The number of unbranched alkanes of at least 4 members (excludes halogenated alkanes) is 11. The Morgan fingerprint density at radius 1 is 0.478 bits per heavy atom. The van der Waals surface area contributed by atoms with Crippen LogP contribution in [0.1, 0.15) is 104 Å². The highest BCUT2D eigenvalue weighted by Gasteiger charge is 1.95. The van der Waals surface area contributed by atoms with Crippen LogP contribution in [0.2, 0.25) is 0 Å². The molecule has 0 aromatic carbocycles. The average molecular weight is 321 g/mol. The summed E-state index contributed by atoms with van der Waals surface area (Å²) in [5.41, 5.74) is 0. The van der Waals surface area contributed by atoms with E-state index in [0.29, 0.717) is 0 Å². The molecule has 0 aliphatic carbocycles. The number of aryl methyl sites for hydroxylation is 1. The minimum Gasteiger partial charge on any atom is -0.205 e. The van der Waals surface area contributed by atoms with Crippen LogP contribution in [0.3, 0.4) is 0 Å². The highest BCUT2D eigenvalue weighted by molar-refractivity contribution is 4.83. The first-order valence-electron chi connectivity index (χ1n) is 10.3. The molecule has 0 saturated carbocycles. The molecule has 0 amide bonds. The minimum absolute atomic E-state index is 1.16. The Hall–Kier alpha value is -0.850. The lowest BCUT2D eigenvalue weighted by Gasteiger charge is -1.99. The smallest absolute Gasteiger partial charge is 0.168 e. The van der Waals surface area contributed by atoms with Gasteiger partial charge in [0.25, 0.3) is 0 Å². The first-order chi connectivity index (χ1) is 11.3. The number of hydrogen-bond donors (Lipinski definition) is 0. The van der Waals surface area contributed by atoms with E-state index in [2.05, 4.69) is 55.9 Å². The van der Waals surface area contributed by atoms with Crippen LogP contribution in [0.15, 0.2) is 30.6 Å². The summed E-state index contributed by atoms with van der Waals surface area (Å²) in [5.74, 6) is 0. The largest absolute Gasteiger partial charge is 0.205 e. The van der Waals surface area contributed by atoms with Gasteiger partial charge in [0.2, 0.25) is 0 Å². The van der Waals surface area contributed by atoms with Gasteiger partial charge in [0, 0.05) is 18.6 Å². The Balaban J connectivity index is 0.000000422. The van der Waals surface area contributed by atoms with Crippen molar-refractivity contribution in [2.75, 3.05) is 0 Å². The molecular weight excluding hydrogens is 278 g/mol. The molecule has 0 aliphatic rings. The van der Waals surface area contributed by atoms with Crippen LogP contribution in [0, 0.1) is 0 Å². The third-order valence-corrected chi connectivity index (χ3v) is 4.25. The molecule has 0 aliphatic heterocycles. The Morgan fingerprint density at radius 3 is 1.30 bits per heavy atom. The fourth-order valence-electron chi connectivity index (χ4n) is 2.69. The number of aromatic nitrogens is 1. The molecule has 0 fully saturated rings. The average Bonchev–Trinajstić information content (AvgIpc) is 2.59.